The number of aryl methyl sites for hydroxylation is 1. The van der Waals surface area contributed by atoms with Gasteiger partial charge in [0.05, 0.1) is 0 Å². The number of halogens is 2. The van der Waals surface area contributed by atoms with Crippen molar-refractivity contribution in [1.82, 2.24) is 0 Å². The zero-order valence-electron chi connectivity index (χ0n) is 11.2. The first kappa shape index (κ1) is 14.1. The maximum absolute atomic E-state index is 13.8. The lowest BCUT2D eigenvalue weighted by Gasteiger charge is -2.22. The number of anilines is 1. The summed E-state index contributed by atoms with van der Waals surface area (Å²) in [6, 6.07) is 13.6. The molecule has 1 nitrogen and oxygen atoms in total. The van der Waals surface area contributed by atoms with Crippen LogP contribution in [-0.2, 0) is 11.9 Å². The molecule has 2 rings (SSSR count). The van der Waals surface area contributed by atoms with Gasteiger partial charge in [0, 0.05) is 30.2 Å². The second-order valence-corrected chi connectivity index (χ2v) is 5.28. The first-order chi connectivity index (χ1) is 9.11. The molecule has 0 unspecified atom stereocenters. The molecule has 0 atom stereocenters. The molecule has 0 aliphatic heterocycles. The van der Waals surface area contributed by atoms with Gasteiger partial charge in [-0.25, -0.2) is 4.39 Å². The van der Waals surface area contributed by atoms with E-state index in [-0.39, 0.29) is 5.82 Å². The third kappa shape index (κ3) is 3.35. The Balaban J connectivity index is 2.25. The Labute approximate surface area is 122 Å². The average Bonchev–Trinajstić information content (AvgIpc) is 2.38. The highest BCUT2D eigenvalue weighted by molar-refractivity contribution is 9.08. The topological polar surface area (TPSA) is 3.24 Å². The van der Waals surface area contributed by atoms with Gasteiger partial charge in [0.25, 0.3) is 0 Å². The quantitative estimate of drug-likeness (QED) is 0.740. The Hall–Kier alpha value is -1.35. The summed E-state index contributed by atoms with van der Waals surface area (Å²) in [6.07, 6.45) is 0. The summed E-state index contributed by atoms with van der Waals surface area (Å²) >= 11 is 3.36. The SMILES string of the molecule is Cc1cccc(CN(C)c2cccc(F)c2CBr)c1. The molecule has 0 saturated carbocycles. The maximum atomic E-state index is 13.8. The lowest BCUT2D eigenvalue weighted by molar-refractivity contribution is 0.616. The lowest BCUT2D eigenvalue weighted by atomic mass is 10.1. The summed E-state index contributed by atoms with van der Waals surface area (Å²) in [4.78, 5) is 2.08. The van der Waals surface area contributed by atoms with Crippen LogP contribution in [0.3, 0.4) is 0 Å². The summed E-state index contributed by atoms with van der Waals surface area (Å²) in [7, 11) is 1.99. The van der Waals surface area contributed by atoms with Gasteiger partial charge in [-0.2, -0.15) is 0 Å². The molecule has 0 N–H and O–H groups in total. The monoisotopic (exact) mass is 321 g/mol. The van der Waals surface area contributed by atoms with Crippen LogP contribution in [0.25, 0.3) is 0 Å². The summed E-state index contributed by atoms with van der Waals surface area (Å²) in [5.41, 5.74) is 4.11. The Kier molecular flexibility index (Phi) is 4.59. The van der Waals surface area contributed by atoms with Crippen molar-refractivity contribution in [3.63, 3.8) is 0 Å². The fourth-order valence-electron chi connectivity index (χ4n) is 2.21. The molecule has 0 radical (unpaired) electrons. The van der Waals surface area contributed by atoms with E-state index in [1.807, 2.05) is 13.1 Å². The molecule has 0 spiro atoms. The molecule has 100 valence electrons. The average molecular weight is 322 g/mol. The normalized spacial score (nSPS) is 10.5. The van der Waals surface area contributed by atoms with Crippen molar-refractivity contribution in [3.05, 3.63) is 65.0 Å². The van der Waals surface area contributed by atoms with E-state index in [9.17, 15) is 4.39 Å². The van der Waals surface area contributed by atoms with Crippen molar-refractivity contribution in [3.8, 4) is 0 Å². The van der Waals surface area contributed by atoms with Crippen molar-refractivity contribution in [2.24, 2.45) is 0 Å². The largest absolute Gasteiger partial charge is 0.370 e. The third-order valence-electron chi connectivity index (χ3n) is 3.14. The lowest BCUT2D eigenvalue weighted by Crippen LogP contribution is -2.18. The molecule has 19 heavy (non-hydrogen) atoms. The second-order valence-electron chi connectivity index (χ2n) is 4.72. The van der Waals surface area contributed by atoms with Crippen LogP contribution in [-0.4, -0.2) is 7.05 Å². The minimum absolute atomic E-state index is 0.162. The van der Waals surface area contributed by atoms with Crippen molar-refractivity contribution >= 4 is 21.6 Å². The van der Waals surface area contributed by atoms with E-state index < -0.39 is 0 Å². The summed E-state index contributed by atoms with van der Waals surface area (Å²) in [6.45, 7) is 2.85. The number of rotatable bonds is 4. The molecule has 0 amide bonds. The molecular formula is C16H17BrFN. The van der Waals surface area contributed by atoms with Crippen LogP contribution in [0.4, 0.5) is 10.1 Å². The number of hydrogen-bond donors (Lipinski definition) is 0. The van der Waals surface area contributed by atoms with Gasteiger partial charge in [-0.3, -0.25) is 0 Å². The number of alkyl halides is 1. The number of hydrogen-bond acceptors (Lipinski definition) is 1. The molecule has 3 heteroatoms. The Morgan fingerprint density at radius 3 is 2.58 bits per heavy atom. The minimum atomic E-state index is -0.162. The fourth-order valence-corrected chi connectivity index (χ4v) is 2.76. The first-order valence-corrected chi connectivity index (χ1v) is 7.34. The van der Waals surface area contributed by atoms with Gasteiger partial charge in [0.15, 0.2) is 0 Å². The van der Waals surface area contributed by atoms with E-state index in [4.69, 9.17) is 0 Å². The highest BCUT2D eigenvalue weighted by Gasteiger charge is 2.11. The summed E-state index contributed by atoms with van der Waals surface area (Å²) in [5.74, 6) is -0.162. The van der Waals surface area contributed by atoms with E-state index >= 15 is 0 Å². The fraction of sp³-hybridized carbons (Fsp3) is 0.250. The van der Waals surface area contributed by atoms with Gasteiger partial charge < -0.3 is 4.90 Å². The Morgan fingerprint density at radius 1 is 1.16 bits per heavy atom. The van der Waals surface area contributed by atoms with Gasteiger partial charge in [-0.05, 0) is 24.6 Å². The van der Waals surface area contributed by atoms with E-state index in [2.05, 4.69) is 52.0 Å². The van der Waals surface area contributed by atoms with E-state index in [1.165, 1.54) is 17.2 Å². The highest BCUT2D eigenvalue weighted by Crippen LogP contribution is 2.25. The van der Waals surface area contributed by atoms with E-state index in [1.54, 1.807) is 6.07 Å². The van der Waals surface area contributed by atoms with Crippen LogP contribution in [0.1, 0.15) is 16.7 Å². The smallest absolute Gasteiger partial charge is 0.129 e. The third-order valence-corrected chi connectivity index (χ3v) is 3.70. The predicted molar refractivity (Wildman–Crippen MR) is 82.3 cm³/mol. The summed E-state index contributed by atoms with van der Waals surface area (Å²) in [5, 5.41) is 0.521. The molecule has 0 fully saturated rings. The Bertz CT molecular complexity index is 568. The van der Waals surface area contributed by atoms with E-state index in [0.717, 1.165) is 12.2 Å². The molecule has 0 aliphatic carbocycles. The van der Waals surface area contributed by atoms with Crippen LogP contribution >= 0.6 is 15.9 Å². The standard InChI is InChI=1S/C16H17BrFN/c1-12-5-3-6-13(9-12)11-19(2)16-8-4-7-15(18)14(16)10-17/h3-9H,10-11H2,1-2H3. The van der Waals surface area contributed by atoms with Crippen molar-refractivity contribution in [2.75, 3.05) is 11.9 Å². The summed E-state index contributed by atoms with van der Waals surface area (Å²) < 4.78 is 13.8. The van der Waals surface area contributed by atoms with Crippen LogP contribution in [0, 0.1) is 12.7 Å². The zero-order valence-corrected chi connectivity index (χ0v) is 12.7. The molecule has 0 aromatic heterocycles. The molecule has 0 heterocycles. The molecule has 0 saturated heterocycles. The molecular weight excluding hydrogens is 305 g/mol. The minimum Gasteiger partial charge on any atom is -0.370 e. The molecule has 0 bridgehead atoms. The highest BCUT2D eigenvalue weighted by atomic mass is 79.9. The number of nitrogens with zero attached hydrogens (tertiary/aromatic N) is 1. The van der Waals surface area contributed by atoms with Gasteiger partial charge in [-0.1, -0.05) is 51.8 Å². The second kappa shape index (κ2) is 6.20. The first-order valence-electron chi connectivity index (χ1n) is 6.22. The molecule has 2 aromatic carbocycles. The molecule has 0 aliphatic rings. The van der Waals surface area contributed by atoms with Gasteiger partial charge in [-0.15, -0.1) is 0 Å². The van der Waals surface area contributed by atoms with Crippen LogP contribution < -0.4 is 4.90 Å². The molecule has 2 aromatic rings. The van der Waals surface area contributed by atoms with E-state index in [0.29, 0.717) is 10.9 Å². The van der Waals surface area contributed by atoms with Gasteiger partial charge in [0.2, 0.25) is 0 Å². The van der Waals surface area contributed by atoms with Crippen LogP contribution in [0.2, 0.25) is 0 Å². The van der Waals surface area contributed by atoms with Crippen molar-refractivity contribution < 1.29 is 4.39 Å². The van der Waals surface area contributed by atoms with Gasteiger partial charge in [0.1, 0.15) is 5.82 Å². The van der Waals surface area contributed by atoms with Crippen molar-refractivity contribution in [1.29, 1.82) is 0 Å². The zero-order chi connectivity index (χ0) is 13.8. The van der Waals surface area contributed by atoms with Crippen LogP contribution in [0.5, 0.6) is 0 Å². The Morgan fingerprint density at radius 2 is 1.89 bits per heavy atom. The predicted octanol–water partition coefficient (Wildman–Crippen LogP) is 4.67. The van der Waals surface area contributed by atoms with Crippen LogP contribution in [0.15, 0.2) is 42.5 Å². The number of benzene rings is 2. The van der Waals surface area contributed by atoms with Gasteiger partial charge >= 0.3 is 0 Å². The van der Waals surface area contributed by atoms with Crippen molar-refractivity contribution in [2.45, 2.75) is 18.8 Å². The maximum Gasteiger partial charge on any atom is 0.129 e.